The topological polar surface area (TPSA) is 42.0 Å². The first-order chi connectivity index (χ1) is 9.66. The highest BCUT2D eigenvalue weighted by atomic mass is 32.2. The van der Waals surface area contributed by atoms with Crippen LogP contribution in [0.15, 0.2) is 40.9 Å². The fourth-order valence-electron chi connectivity index (χ4n) is 1.73. The van der Waals surface area contributed by atoms with Crippen molar-refractivity contribution in [3.8, 4) is 0 Å². The second kappa shape index (κ2) is 7.45. The minimum atomic E-state index is -0.0437. The molecular formula is C15H18N2OS2. The molecule has 0 aliphatic rings. The molecule has 20 heavy (non-hydrogen) atoms. The van der Waals surface area contributed by atoms with Crippen molar-refractivity contribution in [1.82, 2.24) is 10.3 Å². The van der Waals surface area contributed by atoms with Gasteiger partial charge in [0.25, 0.3) is 5.91 Å². The maximum atomic E-state index is 12.2. The summed E-state index contributed by atoms with van der Waals surface area (Å²) in [6, 6.07) is 7.75. The molecule has 106 valence electrons. The van der Waals surface area contributed by atoms with Gasteiger partial charge in [0.2, 0.25) is 0 Å². The van der Waals surface area contributed by atoms with Crippen molar-refractivity contribution in [3.63, 3.8) is 0 Å². The minimum Gasteiger partial charge on any atom is -0.352 e. The van der Waals surface area contributed by atoms with E-state index >= 15 is 0 Å². The lowest BCUT2D eigenvalue weighted by atomic mass is 10.2. The molecule has 0 fully saturated rings. The van der Waals surface area contributed by atoms with Gasteiger partial charge in [-0.2, -0.15) is 0 Å². The summed E-state index contributed by atoms with van der Waals surface area (Å²) in [4.78, 5) is 17.8. The van der Waals surface area contributed by atoms with Gasteiger partial charge in [0, 0.05) is 22.9 Å². The molecule has 2 heterocycles. The predicted octanol–water partition coefficient (Wildman–Crippen LogP) is 3.62. The van der Waals surface area contributed by atoms with E-state index in [9.17, 15) is 4.79 Å². The summed E-state index contributed by atoms with van der Waals surface area (Å²) >= 11 is 3.33. The summed E-state index contributed by atoms with van der Waals surface area (Å²) in [5, 5.41) is 6.22. The zero-order valence-corrected chi connectivity index (χ0v) is 13.3. The molecule has 0 bridgehead atoms. The average molecular weight is 306 g/mol. The maximum Gasteiger partial charge on any atom is 0.254 e. The van der Waals surface area contributed by atoms with Crippen LogP contribution >= 0.6 is 23.1 Å². The molecule has 0 saturated carbocycles. The molecule has 0 aliphatic carbocycles. The molecule has 3 nitrogen and oxygen atoms in total. The maximum absolute atomic E-state index is 12.2. The minimum absolute atomic E-state index is 0.0437. The molecule has 2 aromatic rings. The molecule has 1 amide bonds. The highest BCUT2D eigenvalue weighted by molar-refractivity contribution is 7.99. The standard InChI is InChI=1S/C15H18N2OS2/c1-11(2)20-15-13(6-3-8-17-15)14(18)16-9-7-12-5-4-10-19-12/h3-6,8,10-11H,7,9H2,1-2H3,(H,16,18). The van der Waals surface area contributed by atoms with Gasteiger partial charge in [-0.15, -0.1) is 23.1 Å². The number of amides is 1. The first-order valence-corrected chi connectivity index (χ1v) is 8.35. The lowest BCUT2D eigenvalue weighted by molar-refractivity contribution is 0.0950. The Morgan fingerprint density at radius 2 is 2.25 bits per heavy atom. The number of nitrogens with one attached hydrogen (secondary N) is 1. The van der Waals surface area contributed by atoms with E-state index in [0.717, 1.165) is 11.4 Å². The number of carbonyl (C=O) groups is 1. The monoisotopic (exact) mass is 306 g/mol. The van der Waals surface area contributed by atoms with E-state index in [2.05, 4.69) is 35.6 Å². The smallest absolute Gasteiger partial charge is 0.254 e. The van der Waals surface area contributed by atoms with Crippen LogP contribution < -0.4 is 5.32 Å². The van der Waals surface area contributed by atoms with E-state index in [1.807, 2.05) is 12.1 Å². The van der Waals surface area contributed by atoms with E-state index < -0.39 is 0 Å². The molecule has 0 saturated heterocycles. The Kier molecular flexibility index (Phi) is 5.61. The van der Waals surface area contributed by atoms with Crippen molar-refractivity contribution in [1.29, 1.82) is 0 Å². The highest BCUT2D eigenvalue weighted by Gasteiger charge is 2.13. The van der Waals surface area contributed by atoms with E-state index in [1.54, 1.807) is 35.4 Å². The number of aromatic nitrogens is 1. The van der Waals surface area contributed by atoms with Crippen LogP contribution in [-0.4, -0.2) is 22.7 Å². The number of thiophene rings is 1. The van der Waals surface area contributed by atoms with Gasteiger partial charge >= 0.3 is 0 Å². The average Bonchev–Trinajstić information content (AvgIpc) is 2.91. The fourth-order valence-corrected chi connectivity index (χ4v) is 3.30. The van der Waals surface area contributed by atoms with Crippen molar-refractivity contribution < 1.29 is 4.79 Å². The number of hydrogen-bond acceptors (Lipinski definition) is 4. The van der Waals surface area contributed by atoms with E-state index in [-0.39, 0.29) is 5.91 Å². The summed E-state index contributed by atoms with van der Waals surface area (Å²) in [6.45, 7) is 4.84. The van der Waals surface area contributed by atoms with Crippen LogP contribution in [0, 0.1) is 0 Å². The van der Waals surface area contributed by atoms with Crippen molar-refractivity contribution in [2.45, 2.75) is 30.5 Å². The number of hydrogen-bond donors (Lipinski definition) is 1. The fraction of sp³-hybridized carbons (Fsp3) is 0.333. The second-order valence-electron chi connectivity index (χ2n) is 4.61. The van der Waals surface area contributed by atoms with Gasteiger partial charge in [0.1, 0.15) is 5.03 Å². The quantitative estimate of drug-likeness (QED) is 0.829. The molecule has 0 spiro atoms. The van der Waals surface area contributed by atoms with Crippen molar-refractivity contribution in [2.24, 2.45) is 0 Å². The SMILES string of the molecule is CC(C)Sc1ncccc1C(=O)NCCc1cccs1. The van der Waals surface area contributed by atoms with Gasteiger partial charge in [-0.05, 0) is 30.0 Å². The van der Waals surface area contributed by atoms with Crippen LogP contribution in [-0.2, 0) is 6.42 Å². The number of nitrogens with zero attached hydrogens (tertiary/aromatic N) is 1. The molecule has 2 rings (SSSR count). The van der Waals surface area contributed by atoms with Gasteiger partial charge in [-0.1, -0.05) is 19.9 Å². The molecule has 0 radical (unpaired) electrons. The predicted molar refractivity (Wildman–Crippen MR) is 85.6 cm³/mol. The molecule has 1 N–H and O–H groups in total. The van der Waals surface area contributed by atoms with E-state index in [4.69, 9.17) is 0 Å². The summed E-state index contributed by atoms with van der Waals surface area (Å²) in [6.07, 6.45) is 2.60. The number of carbonyl (C=O) groups excluding carboxylic acids is 1. The number of pyridine rings is 1. The van der Waals surface area contributed by atoms with Crippen molar-refractivity contribution >= 4 is 29.0 Å². The first kappa shape index (κ1) is 15.1. The normalized spacial score (nSPS) is 10.8. The summed E-state index contributed by atoms with van der Waals surface area (Å²) in [5.41, 5.74) is 0.664. The molecule has 0 aliphatic heterocycles. The summed E-state index contributed by atoms with van der Waals surface area (Å²) < 4.78 is 0. The second-order valence-corrected chi connectivity index (χ2v) is 7.21. The Hall–Kier alpha value is -1.33. The molecule has 5 heteroatoms. The first-order valence-electron chi connectivity index (χ1n) is 6.59. The zero-order valence-electron chi connectivity index (χ0n) is 11.6. The van der Waals surface area contributed by atoms with Crippen LogP contribution in [0.25, 0.3) is 0 Å². The lowest BCUT2D eigenvalue weighted by Gasteiger charge is -2.10. The molecule has 2 aromatic heterocycles. The van der Waals surface area contributed by atoms with Crippen LogP contribution in [0.2, 0.25) is 0 Å². The largest absolute Gasteiger partial charge is 0.352 e. The van der Waals surface area contributed by atoms with Crippen LogP contribution in [0.5, 0.6) is 0 Å². The van der Waals surface area contributed by atoms with Gasteiger partial charge in [0.05, 0.1) is 5.56 Å². The Balaban J connectivity index is 1.94. The third kappa shape index (κ3) is 4.35. The van der Waals surface area contributed by atoms with Gasteiger partial charge in [-0.3, -0.25) is 4.79 Å². The zero-order chi connectivity index (χ0) is 14.4. The highest BCUT2D eigenvalue weighted by Crippen LogP contribution is 2.24. The summed E-state index contributed by atoms with van der Waals surface area (Å²) in [7, 11) is 0. The van der Waals surface area contributed by atoms with Gasteiger partial charge < -0.3 is 5.32 Å². The number of rotatable bonds is 6. The molecule has 0 atom stereocenters. The molecule has 0 unspecified atom stereocenters. The lowest BCUT2D eigenvalue weighted by Crippen LogP contribution is -2.26. The Morgan fingerprint density at radius 1 is 1.40 bits per heavy atom. The molecule has 0 aromatic carbocycles. The number of thioether (sulfide) groups is 1. The van der Waals surface area contributed by atoms with E-state index in [1.165, 1.54) is 4.88 Å². The van der Waals surface area contributed by atoms with Crippen molar-refractivity contribution in [3.05, 3.63) is 46.3 Å². The van der Waals surface area contributed by atoms with Gasteiger partial charge in [-0.25, -0.2) is 4.98 Å². The van der Waals surface area contributed by atoms with Crippen LogP contribution in [0.1, 0.15) is 29.1 Å². The summed E-state index contributed by atoms with van der Waals surface area (Å²) in [5.74, 6) is -0.0437. The Morgan fingerprint density at radius 3 is 2.95 bits per heavy atom. The van der Waals surface area contributed by atoms with Gasteiger partial charge in [0.15, 0.2) is 0 Å². The van der Waals surface area contributed by atoms with E-state index in [0.29, 0.717) is 17.4 Å². The molecular weight excluding hydrogens is 288 g/mol. The van der Waals surface area contributed by atoms with Crippen LogP contribution in [0.3, 0.4) is 0 Å². The van der Waals surface area contributed by atoms with Crippen molar-refractivity contribution in [2.75, 3.05) is 6.54 Å². The Labute approximate surface area is 127 Å². The van der Waals surface area contributed by atoms with Crippen LogP contribution in [0.4, 0.5) is 0 Å². The third-order valence-corrected chi connectivity index (χ3v) is 4.56. The third-order valence-electron chi connectivity index (χ3n) is 2.60. The Bertz CT molecular complexity index is 553.